The molecule has 0 radical (unpaired) electrons. The highest BCUT2D eigenvalue weighted by Crippen LogP contribution is 2.13. The van der Waals surface area contributed by atoms with Crippen molar-refractivity contribution in [3.05, 3.63) is 0 Å². The van der Waals surface area contributed by atoms with Gasteiger partial charge >= 0.3 is 6.03 Å². The highest BCUT2D eigenvalue weighted by atomic mass is 32.2. The third kappa shape index (κ3) is 6.17. The number of nitrogens with one attached hydrogen (secondary N) is 2. The van der Waals surface area contributed by atoms with Gasteiger partial charge in [0, 0.05) is 31.6 Å². The van der Waals surface area contributed by atoms with Gasteiger partial charge in [-0.1, -0.05) is 6.92 Å². The average molecular weight is 260 g/mol. The minimum absolute atomic E-state index is 0.0302. The van der Waals surface area contributed by atoms with Crippen LogP contribution < -0.4 is 10.6 Å². The molecule has 1 fully saturated rings. The quantitative estimate of drug-likeness (QED) is 0.766. The van der Waals surface area contributed by atoms with Crippen molar-refractivity contribution in [2.75, 3.05) is 31.8 Å². The SMILES string of the molecule is CC[C@H](CSC)NC(=O)NCC1CCOCC1. The molecule has 0 unspecified atom stereocenters. The standard InChI is InChI=1S/C12H24N2O2S/c1-3-11(9-17-2)14-12(15)13-8-10-4-6-16-7-5-10/h10-11H,3-9H2,1-2H3,(H2,13,14,15)/t11-/m1/s1. The molecular formula is C12H24N2O2S. The van der Waals surface area contributed by atoms with E-state index in [0.717, 1.165) is 44.8 Å². The Morgan fingerprint density at radius 1 is 1.47 bits per heavy atom. The molecule has 17 heavy (non-hydrogen) atoms. The number of amides is 2. The molecule has 0 bridgehead atoms. The van der Waals surface area contributed by atoms with Crippen molar-refractivity contribution in [3.63, 3.8) is 0 Å². The Morgan fingerprint density at radius 2 is 2.18 bits per heavy atom. The number of hydrogen-bond acceptors (Lipinski definition) is 3. The Labute approximate surface area is 108 Å². The summed E-state index contributed by atoms with van der Waals surface area (Å²) < 4.78 is 5.29. The van der Waals surface area contributed by atoms with Gasteiger partial charge in [0.1, 0.15) is 0 Å². The first kappa shape index (κ1) is 14.6. The van der Waals surface area contributed by atoms with Crippen LogP contribution in [0.4, 0.5) is 4.79 Å². The Balaban J connectivity index is 2.14. The van der Waals surface area contributed by atoms with Crippen LogP contribution in [0.2, 0.25) is 0 Å². The number of thioether (sulfide) groups is 1. The lowest BCUT2D eigenvalue weighted by Crippen LogP contribution is -2.44. The van der Waals surface area contributed by atoms with Crippen molar-refractivity contribution in [1.82, 2.24) is 10.6 Å². The Hall–Kier alpha value is -0.420. The van der Waals surface area contributed by atoms with Crippen LogP contribution in [0.25, 0.3) is 0 Å². The van der Waals surface area contributed by atoms with E-state index < -0.39 is 0 Å². The summed E-state index contributed by atoms with van der Waals surface area (Å²) in [6.45, 7) is 4.53. The van der Waals surface area contributed by atoms with E-state index in [-0.39, 0.29) is 12.1 Å². The zero-order chi connectivity index (χ0) is 12.5. The van der Waals surface area contributed by atoms with Gasteiger partial charge in [-0.15, -0.1) is 0 Å². The molecule has 1 saturated heterocycles. The number of carbonyl (C=O) groups excluding carboxylic acids is 1. The molecule has 5 heteroatoms. The summed E-state index contributed by atoms with van der Waals surface area (Å²) in [5.41, 5.74) is 0. The van der Waals surface area contributed by atoms with Crippen LogP contribution in [0.15, 0.2) is 0 Å². The van der Waals surface area contributed by atoms with Crippen molar-refractivity contribution in [1.29, 1.82) is 0 Å². The van der Waals surface area contributed by atoms with E-state index in [2.05, 4.69) is 23.8 Å². The molecule has 1 rings (SSSR count). The van der Waals surface area contributed by atoms with Crippen LogP contribution in [0.3, 0.4) is 0 Å². The topological polar surface area (TPSA) is 50.4 Å². The largest absolute Gasteiger partial charge is 0.381 e. The van der Waals surface area contributed by atoms with E-state index >= 15 is 0 Å². The van der Waals surface area contributed by atoms with Crippen molar-refractivity contribution in [3.8, 4) is 0 Å². The first-order valence-corrected chi connectivity index (χ1v) is 7.76. The first-order chi connectivity index (χ1) is 8.26. The van der Waals surface area contributed by atoms with Gasteiger partial charge in [-0.25, -0.2) is 4.79 Å². The molecule has 100 valence electrons. The smallest absolute Gasteiger partial charge is 0.315 e. The zero-order valence-electron chi connectivity index (χ0n) is 10.8. The summed E-state index contributed by atoms with van der Waals surface area (Å²) in [5, 5.41) is 5.97. The fraction of sp³-hybridized carbons (Fsp3) is 0.917. The lowest BCUT2D eigenvalue weighted by atomic mass is 10.0. The van der Waals surface area contributed by atoms with Crippen LogP contribution in [-0.2, 0) is 4.74 Å². The van der Waals surface area contributed by atoms with Crippen LogP contribution in [0.1, 0.15) is 26.2 Å². The predicted molar refractivity (Wildman–Crippen MR) is 72.5 cm³/mol. The van der Waals surface area contributed by atoms with Crippen LogP contribution in [0, 0.1) is 5.92 Å². The minimum Gasteiger partial charge on any atom is -0.381 e. The van der Waals surface area contributed by atoms with Crippen molar-refractivity contribution in [2.45, 2.75) is 32.2 Å². The Bertz CT molecular complexity index is 221. The highest BCUT2D eigenvalue weighted by molar-refractivity contribution is 7.98. The minimum atomic E-state index is -0.0302. The average Bonchev–Trinajstić information content (AvgIpc) is 2.37. The molecule has 0 spiro atoms. The number of ether oxygens (including phenoxy) is 1. The van der Waals surface area contributed by atoms with E-state index in [4.69, 9.17) is 4.74 Å². The summed E-state index contributed by atoms with van der Waals surface area (Å²) in [4.78, 5) is 11.7. The molecular weight excluding hydrogens is 236 g/mol. The second-order valence-corrected chi connectivity index (χ2v) is 5.38. The highest BCUT2D eigenvalue weighted by Gasteiger charge is 2.15. The summed E-state index contributed by atoms with van der Waals surface area (Å²) in [6.07, 6.45) is 5.15. The second kappa shape index (κ2) is 8.64. The molecule has 0 aromatic carbocycles. The molecule has 1 aliphatic heterocycles. The predicted octanol–water partition coefficient (Wildman–Crippen LogP) is 1.85. The maximum atomic E-state index is 11.7. The van der Waals surface area contributed by atoms with Gasteiger partial charge in [-0.05, 0) is 31.4 Å². The fourth-order valence-corrected chi connectivity index (χ4v) is 2.61. The normalized spacial score (nSPS) is 18.7. The maximum Gasteiger partial charge on any atom is 0.315 e. The monoisotopic (exact) mass is 260 g/mol. The summed E-state index contributed by atoms with van der Waals surface area (Å²) in [6, 6.07) is 0.247. The van der Waals surface area contributed by atoms with Gasteiger partial charge in [0.2, 0.25) is 0 Å². The van der Waals surface area contributed by atoms with Gasteiger partial charge in [0.15, 0.2) is 0 Å². The van der Waals surface area contributed by atoms with E-state index in [1.165, 1.54) is 0 Å². The van der Waals surface area contributed by atoms with E-state index in [9.17, 15) is 4.79 Å². The van der Waals surface area contributed by atoms with Gasteiger partial charge in [0.05, 0.1) is 0 Å². The van der Waals surface area contributed by atoms with Crippen LogP contribution in [-0.4, -0.2) is 43.8 Å². The molecule has 0 saturated carbocycles. The number of hydrogen-bond donors (Lipinski definition) is 2. The summed E-state index contributed by atoms with van der Waals surface area (Å²) in [7, 11) is 0. The van der Waals surface area contributed by atoms with Crippen molar-refractivity contribution >= 4 is 17.8 Å². The maximum absolute atomic E-state index is 11.7. The van der Waals surface area contributed by atoms with Crippen molar-refractivity contribution in [2.24, 2.45) is 5.92 Å². The lowest BCUT2D eigenvalue weighted by Gasteiger charge is -2.23. The van der Waals surface area contributed by atoms with Gasteiger partial charge in [0.25, 0.3) is 0 Å². The number of urea groups is 1. The van der Waals surface area contributed by atoms with Crippen LogP contribution >= 0.6 is 11.8 Å². The van der Waals surface area contributed by atoms with E-state index in [1.807, 2.05) is 0 Å². The Morgan fingerprint density at radius 3 is 2.76 bits per heavy atom. The van der Waals surface area contributed by atoms with E-state index in [0.29, 0.717) is 5.92 Å². The third-order valence-electron chi connectivity index (χ3n) is 3.09. The first-order valence-electron chi connectivity index (χ1n) is 6.37. The zero-order valence-corrected chi connectivity index (χ0v) is 11.6. The van der Waals surface area contributed by atoms with Crippen LogP contribution in [0.5, 0.6) is 0 Å². The molecule has 1 aliphatic rings. The van der Waals surface area contributed by atoms with Crippen molar-refractivity contribution < 1.29 is 9.53 Å². The summed E-state index contributed by atoms with van der Waals surface area (Å²) in [5.74, 6) is 1.55. The van der Waals surface area contributed by atoms with Gasteiger partial charge in [-0.3, -0.25) is 0 Å². The summed E-state index contributed by atoms with van der Waals surface area (Å²) >= 11 is 1.76. The molecule has 2 amide bonds. The lowest BCUT2D eigenvalue weighted by molar-refractivity contribution is 0.0669. The molecule has 0 aromatic heterocycles. The molecule has 4 nitrogen and oxygen atoms in total. The molecule has 1 heterocycles. The number of rotatable bonds is 6. The third-order valence-corrected chi connectivity index (χ3v) is 3.82. The van der Waals surface area contributed by atoms with Gasteiger partial charge in [-0.2, -0.15) is 11.8 Å². The number of carbonyl (C=O) groups is 1. The molecule has 2 N–H and O–H groups in total. The van der Waals surface area contributed by atoms with E-state index in [1.54, 1.807) is 11.8 Å². The molecule has 1 atom stereocenters. The van der Waals surface area contributed by atoms with Gasteiger partial charge < -0.3 is 15.4 Å². The molecule has 0 aliphatic carbocycles. The fourth-order valence-electron chi connectivity index (χ4n) is 1.89. The Kier molecular flexibility index (Phi) is 7.44. The molecule has 0 aromatic rings. The second-order valence-electron chi connectivity index (χ2n) is 4.47.